The summed E-state index contributed by atoms with van der Waals surface area (Å²) in [6.07, 6.45) is -2.45. The van der Waals surface area contributed by atoms with Crippen LogP contribution in [0.1, 0.15) is 24.6 Å². The van der Waals surface area contributed by atoms with Crippen molar-refractivity contribution in [2.24, 2.45) is 5.92 Å². The number of anilines is 1. The summed E-state index contributed by atoms with van der Waals surface area (Å²) in [5.41, 5.74) is -1.37. The number of hydrogen-bond donors (Lipinski definition) is 3. The minimum atomic E-state index is -4.67. The smallest absolute Gasteiger partial charge is 0.393 e. The van der Waals surface area contributed by atoms with E-state index in [1.807, 2.05) is 0 Å². The van der Waals surface area contributed by atoms with Crippen LogP contribution >= 0.6 is 0 Å². The average Bonchev–Trinajstić information content (AvgIpc) is 2.80. The van der Waals surface area contributed by atoms with Gasteiger partial charge in [-0.1, -0.05) is 19.1 Å². The van der Waals surface area contributed by atoms with Crippen molar-refractivity contribution in [3.63, 3.8) is 0 Å². The van der Waals surface area contributed by atoms with E-state index in [1.54, 1.807) is 0 Å². The predicted molar refractivity (Wildman–Crippen MR) is 121 cm³/mol. The Hall–Kier alpha value is -3.64. The second-order valence-corrected chi connectivity index (χ2v) is 8.43. The number of halogens is 6. The van der Waals surface area contributed by atoms with Crippen LogP contribution in [-0.2, 0) is 11.0 Å². The molecule has 2 atom stereocenters. The lowest BCUT2D eigenvalue weighted by atomic mass is 9.87. The molecule has 2 heterocycles. The van der Waals surface area contributed by atoms with Gasteiger partial charge in [-0.2, -0.15) is 13.2 Å². The summed E-state index contributed by atoms with van der Waals surface area (Å²) in [4.78, 5) is 21.1. The number of hydrogen-bond acceptors (Lipinski definition) is 6. The van der Waals surface area contributed by atoms with E-state index in [0.29, 0.717) is 11.8 Å². The van der Waals surface area contributed by atoms with E-state index in [1.165, 1.54) is 32.3 Å². The van der Waals surface area contributed by atoms with Crippen molar-refractivity contribution in [3.05, 3.63) is 59.9 Å². The van der Waals surface area contributed by atoms with Crippen LogP contribution in [-0.4, -0.2) is 58.6 Å². The molecule has 1 aliphatic rings. The maximum absolute atomic E-state index is 14.5. The molecule has 1 aromatic carbocycles. The minimum absolute atomic E-state index is 0.0305. The van der Waals surface area contributed by atoms with Gasteiger partial charge in [-0.15, -0.1) is 0 Å². The zero-order valence-corrected chi connectivity index (χ0v) is 19.3. The normalized spacial score (nSPS) is 20.1. The monoisotopic (exact) mass is 514 g/mol. The summed E-state index contributed by atoms with van der Waals surface area (Å²) < 4.78 is 80.4. The summed E-state index contributed by atoms with van der Waals surface area (Å²) in [5.74, 6) is -5.46. The molecule has 194 valence electrons. The van der Waals surface area contributed by atoms with Crippen LogP contribution in [0, 0.1) is 17.1 Å². The number of aromatic nitrogens is 2. The Morgan fingerprint density at radius 2 is 1.89 bits per heavy atom. The van der Waals surface area contributed by atoms with Crippen LogP contribution in [0.3, 0.4) is 0 Å². The predicted octanol–water partition coefficient (Wildman–Crippen LogP) is 4.20. The summed E-state index contributed by atoms with van der Waals surface area (Å²) in [6, 6.07) is 4.18. The van der Waals surface area contributed by atoms with Crippen LogP contribution in [0.15, 0.2) is 42.9 Å². The molecule has 3 N–H and O–H groups in total. The van der Waals surface area contributed by atoms with Gasteiger partial charge in [0.15, 0.2) is 5.69 Å². The van der Waals surface area contributed by atoms with E-state index in [4.69, 9.17) is 5.41 Å². The molecular formula is C23H24F6N6O. The number of rotatable bonds is 7. The molecule has 0 saturated carbocycles. The SMILES string of the molecule is CN/C=C(\C(=N)C(=O)N1CC(F)(F)CC(C)C1CNc1cnc(C(F)(F)F)cn1)c1ccc(F)cc1. The van der Waals surface area contributed by atoms with E-state index in [2.05, 4.69) is 20.6 Å². The van der Waals surface area contributed by atoms with Crippen LogP contribution < -0.4 is 10.6 Å². The first kappa shape index (κ1) is 27.0. The highest BCUT2D eigenvalue weighted by Gasteiger charge is 2.46. The van der Waals surface area contributed by atoms with E-state index < -0.39 is 60.2 Å². The Morgan fingerprint density at radius 1 is 1.22 bits per heavy atom. The highest BCUT2D eigenvalue weighted by atomic mass is 19.4. The third kappa shape index (κ3) is 6.32. The number of amides is 1. The molecule has 36 heavy (non-hydrogen) atoms. The van der Waals surface area contributed by atoms with E-state index >= 15 is 0 Å². The lowest BCUT2D eigenvalue weighted by Crippen LogP contribution is -2.58. The zero-order chi connectivity index (χ0) is 26.7. The van der Waals surface area contributed by atoms with Gasteiger partial charge in [0.25, 0.3) is 11.8 Å². The van der Waals surface area contributed by atoms with Gasteiger partial charge >= 0.3 is 6.18 Å². The molecule has 1 aliphatic heterocycles. The Kier molecular flexibility index (Phi) is 7.89. The van der Waals surface area contributed by atoms with Gasteiger partial charge in [0.05, 0.1) is 25.0 Å². The van der Waals surface area contributed by atoms with E-state index in [0.717, 1.165) is 23.2 Å². The van der Waals surface area contributed by atoms with Crippen molar-refractivity contribution < 1.29 is 31.1 Å². The zero-order valence-electron chi connectivity index (χ0n) is 19.3. The Balaban J connectivity index is 1.84. The van der Waals surface area contributed by atoms with Crippen molar-refractivity contribution in [3.8, 4) is 0 Å². The lowest BCUT2D eigenvalue weighted by Gasteiger charge is -2.43. The number of carbonyl (C=O) groups excluding carboxylic acids is 1. The molecule has 0 spiro atoms. The van der Waals surface area contributed by atoms with Crippen LogP contribution in [0.2, 0.25) is 0 Å². The van der Waals surface area contributed by atoms with Gasteiger partial charge in [0.2, 0.25) is 0 Å². The van der Waals surface area contributed by atoms with Gasteiger partial charge in [-0.25, -0.2) is 23.1 Å². The molecule has 2 unspecified atom stereocenters. The molecule has 0 bridgehead atoms. The van der Waals surface area contributed by atoms with E-state index in [9.17, 15) is 31.1 Å². The van der Waals surface area contributed by atoms with Gasteiger partial charge in [0.1, 0.15) is 17.3 Å². The summed E-state index contributed by atoms with van der Waals surface area (Å²) in [5, 5.41) is 13.9. The largest absolute Gasteiger partial charge is 0.434 e. The van der Waals surface area contributed by atoms with Crippen LogP contribution in [0.5, 0.6) is 0 Å². The first-order valence-corrected chi connectivity index (χ1v) is 10.9. The molecule has 1 amide bonds. The number of benzene rings is 1. The Morgan fingerprint density at radius 3 is 2.44 bits per heavy atom. The third-order valence-electron chi connectivity index (χ3n) is 5.70. The Bertz CT molecular complexity index is 1120. The fourth-order valence-corrected chi connectivity index (χ4v) is 3.99. The first-order valence-electron chi connectivity index (χ1n) is 10.9. The van der Waals surface area contributed by atoms with Crippen molar-refractivity contribution in [2.75, 3.05) is 25.5 Å². The van der Waals surface area contributed by atoms with Crippen molar-refractivity contribution in [1.82, 2.24) is 20.2 Å². The minimum Gasteiger partial charge on any atom is -0.393 e. The highest BCUT2D eigenvalue weighted by molar-refractivity contribution is 6.54. The lowest BCUT2D eigenvalue weighted by molar-refractivity contribution is -0.145. The van der Waals surface area contributed by atoms with Gasteiger partial charge in [-0.3, -0.25) is 10.2 Å². The van der Waals surface area contributed by atoms with Gasteiger partial charge in [0, 0.05) is 31.8 Å². The fraction of sp³-hybridized carbons (Fsp3) is 0.391. The second-order valence-electron chi connectivity index (χ2n) is 8.43. The Labute approximate surface area is 203 Å². The van der Waals surface area contributed by atoms with Gasteiger partial charge in [-0.05, 0) is 23.6 Å². The number of carbonyl (C=O) groups is 1. The quantitative estimate of drug-likeness (QED) is 0.381. The molecule has 7 nitrogen and oxygen atoms in total. The number of nitrogens with one attached hydrogen (secondary N) is 3. The molecule has 3 rings (SSSR count). The number of alkyl halides is 5. The van der Waals surface area contributed by atoms with Crippen LogP contribution in [0.4, 0.5) is 32.2 Å². The standard InChI is InChI=1S/C23H24F6N6O/c1-13-7-22(25,26)12-35(17(13)9-33-19-11-32-18(10-34-19)23(27,28)29)21(36)20(30)16(8-31-2)14-3-5-15(24)6-4-14/h3-6,8,10-11,13,17,30-31H,7,9,12H2,1-2H3,(H,33,34)/b16-8-,30-20?. The summed E-state index contributed by atoms with van der Waals surface area (Å²) in [6.45, 7) is 0.462. The molecule has 2 aromatic rings. The maximum Gasteiger partial charge on any atom is 0.434 e. The molecule has 13 heteroatoms. The van der Waals surface area contributed by atoms with Crippen molar-refractivity contribution >= 4 is 23.0 Å². The summed E-state index contributed by atoms with van der Waals surface area (Å²) >= 11 is 0. The fourth-order valence-electron chi connectivity index (χ4n) is 3.99. The molecular weight excluding hydrogens is 490 g/mol. The molecule has 0 aliphatic carbocycles. The summed E-state index contributed by atoms with van der Waals surface area (Å²) in [7, 11) is 1.52. The highest BCUT2D eigenvalue weighted by Crippen LogP contribution is 2.35. The molecule has 1 saturated heterocycles. The number of nitrogens with zero attached hydrogens (tertiary/aromatic N) is 3. The van der Waals surface area contributed by atoms with Crippen molar-refractivity contribution in [2.45, 2.75) is 31.5 Å². The van der Waals surface area contributed by atoms with Crippen LogP contribution in [0.25, 0.3) is 5.57 Å². The third-order valence-corrected chi connectivity index (χ3v) is 5.70. The van der Waals surface area contributed by atoms with Gasteiger partial charge < -0.3 is 15.5 Å². The number of piperidine rings is 1. The average molecular weight is 514 g/mol. The molecule has 0 radical (unpaired) electrons. The second kappa shape index (κ2) is 10.5. The topological polar surface area (TPSA) is 94.0 Å². The maximum atomic E-state index is 14.5. The molecule has 1 aromatic heterocycles. The molecule has 1 fully saturated rings. The van der Waals surface area contributed by atoms with Crippen molar-refractivity contribution in [1.29, 1.82) is 5.41 Å². The number of likely N-dealkylation sites (tertiary alicyclic amines) is 1. The first-order chi connectivity index (χ1) is 16.8. The van der Waals surface area contributed by atoms with E-state index in [-0.39, 0.29) is 17.9 Å².